The minimum Gasteiger partial charge on any atom is -0.493 e. The molecule has 0 aliphatic rings. The molecule has 1 nitrogen and oxygen atoms in total. The lowest BCUT2D eigenvalue weighted by atomic mass is 10.2. The fourth-order valence-corrected chi connectivity index (χ4v) is 3.32. The molecule has 1 heterocycles. The first-order valence-corrected chi connectivity index (χ1v) is 6.49. The van der Waals surface area contributed by atoms with Gasteiger partial charge in [0.05, 0.1) is 10.9 Å². The van der Waals surface area contributed by atoms with Crippen molar-refractivity contribution in [1.29, 1.82) is 0 Å². The Morgan fingerprint density at radius 1 is 1.43 bits per heavy atom. The molecule has 0 N–H and O–H groups in total. The molecule has 14 heavy (non-hydrogen) atoms. The maximum Gasteiger partial charge on any atom is 0.129 e. The second-order valence-corrected chi connectivity index (χ2v) is 5.76. The topological polar surface area (TPSA) is 9.23 Å². The van der Waals surface area contributed by atoms with E-state index in [9.17, 15) is 0 Å². The van der Waals surface area contributed by atoms with Crippen molar-refractivity contribution in [1.82, 2.24) is 0 Å². The van der Waals surface area contributed by atoms with E-state index in [-0.39, 0.29) is 0 Å². The average molecular weight is 339 g/mol. The van der Waals surface area contributed by atoms with Crippen LogP contribution in [0.1, 0.15) is 6.92 Å². The Balaban J connectivity index is 2.66. The van der Waals surface area contributed by atoms with E-state index in [1.165, 1.54) is 8.27 Å². The van der Waals surface area contributed by atoms with Crippen LogP contribution < -0.4 is 4.74 Å². The highest BCUT2D eigenvalue weighted by molar-refractivity contribution is 14.1. The highest BCUT2D eigenvalue weighted by Crippen LogP contribution is 2.36. The predicted molar refractivity (Wildman–Crippen MR) is 70.7 cm³/mol. The first-order valence-electron chi connectivity index (χ1n) is 4.22. The van der Waals surface area contributed by atoms with Gasteiger partial charge < -0.3 is 4.74 Å². The predicted octanol–water partition coefficient (Wildman–Crippen LogP) is 4.56. The molecule has 0 radical (unpaired) electrons. The number of ether oxygens (including phenoxy) is 1. The van der Waals surface area contributed by atoms with Gasteiger partial charge in [0.2, 0.25) is 0 Å². The summed E-state index contributed by atoms with van der Waals surface area (Å²) >= 11 is 9.84. The lowest BCUT2D eigenvalue weighted by molar-refractivity contribution is 0.344. The number of thiophene rings is 1. The Kier molecular flexibility index (Phi) is 3.19. The van der Waals surface area contributed by atoms with Crippen molar-refractivity contribution in [2.75, 3.05) is 6.61 Å². The second kappa shape index (κ2) is 4.24. The number of benzene rings is 1. The van der Waals surface area contributed by atoms with Crippen molar-refractivity contribution in [3.63, 3.8) is 0 Å². The minimum atomic E-state index is 0.683. The summed E-state index contributed by atoms with van der Waals surface area (Å²) in [6.45, 7) is 2.67. The van der Waals surface area contributed by atoms with Crippen LogP contribution in [-0.4, -0.2) is 6.61 Å². The van der Waals surface area contributed by atoms with E-state index < -0.39 is 0 Å². The quantitative estimate of drug-likeness (QED) is 0.730. The monoisotopic (exact) mass is 338 g/mol. The fraction of sp³-hybridized carbons (Fsp3) is 0.200. The van der Waals surface area contributed by atoms with Crippen molar-refractivity contribution in [2.24, 2.45) is 0 Å². The molecule has 0 atom stereocenters. The molecule has 0 fully saturated rings. The Bertz CT molecular complexity index is 466. The van der Waals surface area contributed by atoms with Crippen LogP contribution in [0.2, 0.25) is 4.34 Å². The third kappa shape index (κ3) is 1.99. The number of fused-ring (bicyclic) bond motifs is 1. The van der Waals surface area contributed by atoms with Gasteiger partial charge in [0.1, 0.15) is 5.75 Å². The van der Waals surface area contributed by atoms with Gasteiger partial charge in [-0.1, -0.05) is 11.6 Å². The molecule has 74 valence electrons. The van der Waals surface area contributed by atoms with E-state index in [1.54, 1.807) is 11.3 Å². The van der Waals surface area contributed by atoms with Gasteiger partial charge in [-0.2, -0.15) is 0 Å². The Labute approximate surface area is 105 Å². The highest BCUT2D eigenvalue weighted by Gasteiger charge is 2.07. The molecule has 0 amide bonds. The molecule has 1 aromatic carbocycles. The molecule has 0 unspecified atom stereocenters. The molecule has 0 spiro atoms. The molecule has 0 aliphatic carbocycles. The molecule has 0 saturated heterocycles. The number of rotatable bonds is 2. The molecule has 0 bridgehead atoms. The van der Waals surface area contributed by atoms with Crippen molar-refractivity contribution in [3.8, 4) is 5.75 Å². The van der Waals surface area contributed by atoms with Crippen LogP contribution in [0.4, 0.5) is 0 Å². The smallest absolute Gasteiger partial charge is 0.129 e. The SMILES string of the molecule is CCOc1cc(I)cc2sc(Cl)cc12. The van der Waals surface area contributed by atoms with E-state index in [1.807, 2.05) is 19.1 Å². The van der Waals surface area contributed by atoms with Crippen molar-refractivity contribution in [2.45, 2.75) is 6.92 Å². The third-order valence-corrected chi connectivity index (χ3v) is 3.67. The number of hydrogen-bond acceptors (Lipinski definition) is 2. The van der Waals surface area contributed by atoms with Crippen molar-refractivity contribution < 1.29 is 4.74 Å². The van der Waals surface area contributed by atoms with Gasteiger partial charge in [-0.15, -0.1) is 11.3 Å². The molecular weight excluding hydrogens is 331 g/mol. The fourth-order valence-electron chi connectivity index (χ4n) is 1.32. The summed E-state index contributed by atoms with van der Waals surface area (Å²) in [6.07, 6.45) is 0. The summed E-state index contributed by atoms with van der Waals surface area (Å²) < 4.78 is 8.73. The third-order valence-electron chi connectivity index (χ3n) is 1.83. The summed E-state index contributed by atoms with van der Waals surface area (Å²) in [5.74, 6) is 0.928. The second-order valence-electron chi connectivity index (χ2n) is 2.80. The van der Waals surface area contributed by atoms with E-state index >= 15 is 0 Å². The van der Waals surface area contributed by atoms with Gasteiger partial charge in [-0.25, -0.2) is 0 Å². The molecule has 4 heteroatoms. The summed E-state index contributed by atoms with van der Waals surface area (Å²) in [7, 11) is 0. The molecular formula is C10H8ClIOS. The van der Waals surface area contributed by atoms with Crippen LogP contribution >= 0.6 is 45.5 Å². The summed E-state index contributed by atoms with van der Waals surface area (Å²) in [5.41, 5.74) is 0. The van der Waals surface area contributed by atoms with Crippen LogP contribution in [0, 0.1) is 3.57 Å². The zero-order valence-electron chi connectivity index (χ0n) is 7.51. The molecule has 0 aliphatic heterocycles. The van der Waals surface area contributed by atoms with Gasteiger partial charge in [0, 0.05) is 13.7 Å². The van der Waals surface area contributed by atoms with Gasteiger partial charge >= 0.3 is 0 Å². The molecule has 2 aromatic rings. The summed E-state index contributed by atoms with van der Waals surface area (Å²) in [6, 6.07) is 6.12. The Hall–Kier alpha value is -0.000000000000000111. The Morgan fingerprint density at radius 2 is 2.21 bits per heavy atom. The first-order chi connectivity index (χ1) is 6.70. The molecule has 1 aromatic heterocycles. The summed E-state index contributed by atoms with van der Waals surface area (Å²) in [5, 5.41) is 1.11. The zero-order valence-corrected chi connectivity index (χ0v) is 11.2. The summed E-state index contributed by atoms with van der Waals surface area (Å²) in [4.78, 5) is 0. The van der Waals surface area contributed by atoms with Gasteiger partial charge in [-0.3, -0.25) is 0 Å². The Morgan fingerprint density at radius 3 is 2.93 bits per heavy atom. The average Bonchev–Trinajstić information content (AvgIpc) is 2.45. The highest BCUT2D eigenvalue weighted by atomic mass is 127. The lowest BCUT2D eigenvalue weighted by Crippen LogP contribution is -1.91. The van der Waals surface area contributed by atoms with Crippen LogP contribution in [0.25, 0.3) is 10.1 Å². The normalized spacial score (nSPS) is 10.8. The number of hydrogen-bond donors (Lipinski definition) is 0. The largest absolute Gasteiger partial charge is 0.493 e. The number of halogens is 2. The van der Waals surface area contributed by atoms with E-state index in [4.69, 9.17) is 16.3 Å². The van der Waals surface area contributed by atoms with E-state index in [0.29, 0.717) is 6.61 Å². The van der Waals surface area contributed by atoms with Crippen molar-refractivity contribution in [3.05, 3.63) is 26.1 Å². The molecule has 2 rings (SSSR count). The molecule has 0 saturated carbocycles. The van der Waals surface area contributed by atoms with Gasteiger partial charge in [-0.05, 0) is 47.7 Å². The first kappa shape index (κ1) is 10.5. The maximum atomic E-state index is 5.97. The van der Waals surface area contributed by atoms with Crippen LogP contribution in [-0.2, 0) is 0 Å². The lowest BCUT2D eigenvalue weighted by Gasteiger charge is -2.04. The van der Waals surface area contributed by atoms with E-state index in [2.05, 4.69) is 28.7 Å². The van der Waals surface area contributed by atoms with Crippen LogP contribution in [0.3, 0.4) is 0 Å². The minimum absolute atomic E-state index is 0.683. The standard InChI is InChI=1S/C10H8ClIOS/c1-2-13-8-3-6(12)4-9-7(8)5-10(11)14-9/h3-5H,2H2,1H3. The zero-order chi connectivity index (χ0) is 10.1. The van der Waals surface area contributed by atoms with Crippen molar-refractivity contribution >= 4 is 55.6 Å². The van der Waals surface area contributed by atoms with Gasteiger partial charge in [0.15, 0.2) is 0 Å². The van der Waals surface area contributed by atoms with Gasteiger partial charge in [0.25, 0.3) is 0 Å². The van der Waals surface area contributed by atoms with Crippen LogP contribution in [0.5, 0.6) is 5.75 Å². The van der Waals surface area contributed by atoms with Crippen LogP contribution in [0.15, 0.2) is 18.2 Å². The maximum absolute atomic E-state index is 5.97. The van der Waals surface area contributed by atoms with E-state index in [0.717, 1.165) is 15.5 Å².